The molecule has 1 aromatic carbocycles. The fourth-order valence-electron chi connectivity index (χ4n) is 3.18. The summed E-state index contributed by atoms with van der Waals surface area (Å²) in [6, 6.07) is 10.4. The number of piperidine rings is 1. The highest BCUT2D eigenvalue weighted by Crippen LogP contribution is 2.36. The molecule has 2 saturated heterocycles. The zero-order valence-corrected chi connectivity index (χ0v) is 10.8. The smallest absolute Gasteiger partial charge is 0.0927 e. The van der Waals surface area contributed by atoms with Crippen LogP contribution in [0.3, 0.4) is 0 Å². The van der Waals surface area contributed by atoms with Crippen molar-refractivity contribution in [2.45, 2.75) is 36.9 Å². The number of morpholine rings is 1. The van der Waals surface area contributed by atoms with Crippen molar-refractivity contribution in [2.24, 2.45) is 0 Å². The van der Waals surface area contributed by atoms with Crippen molar-refractivity contribution >= 4 is 0 Å². The average molecular weight is 258 g/mol. The van der Waals surface area contributed by atoms with E-state index < -0.39 is 5.60 Å². The quantitative estimate of drug-likeness (QED) is 0.833. The monoisotopic (exact) mass is 258 g/mol. The number of nitrogens with one attached hydrogen (secondary N) is 1. The Kier molecular flexibility index (Phi) is 3.28. The van der Waals surface area contributed by atoms with E-state index in [1.165, 1.54) is 0 Å². The molecule has 1 aromatic rings. The summed E-state index contributed by atoms with van der Waals surface area (Å²) in [6.45, 7) is 1.34. The van der Waals surface area contributed by atoms with Gasteiger partial charge in [-0.3, -0.25) is 0 Å². The molecule has 2 heterocycles. The van der Waals surface area contributed by atoms with E-state index >= 15 is 0 Å². The van der Waals surface area contributed by atoms with Gasteiger partial charge in [-0.2, -0.15) is 5.26 Å². The molecule has 0 aliphatic carbocycles. The Hall–Kier alpha value is -1.41. The minimum Gasteiger partial charge on any atom is -0.385 e. The predicted molar refractivity (Wildman–Crippen MR) is 70.4 cm³/mol. The Labute approximate surface area is 113 Å². The molecule has 0 radical (unpaired) electrons. The van der Waals surface area contributed by atoms with E-state index in [4.69, 9.17) is 10.00 Å². The van der Waals surface area contributed by atoms with Gasteiger partial charge in [-0.25, -0.2) is 0 Å². The normalized spacial score (nSPS) is 33.7. The van der Waals surface area contributed by atoms with Crippen LogP contribution < -0.4 is 5.32 Å². The number of hydrogen-bond acceptors (Lipinski definition) is 4. The molecule has 0 amide bonds. The van der Waals surface area contributed by atoms with Crippen molar-refractivity contribution in [3.05, 3.63) is 35.4 Å². The molecule has 19 heavy (non-hydrogen) atoms. The van der Waals surface area contributed by atoms with Gasteiger partial charge in [-0.15, -0.1) is 0 Å². The van der Waals surface area contributed by atoms with Crippen LogP contribution >= 0.6 is 0 Å². The summed E-state index contributed by atoms with van der Waals surface area (Å²) in [5, 5.41) is 23.1. The molecule has 2 unspecified atom stereocenters. The summed E-state index contributed by atoms with van der Waals surface area (Å²) in [4.78, 5) is 0. The van der Waals surface area contributed by atoms with Gasteiger partial charge in [0.05, 0.1) is 31.3 Å². The van der Waals surface area contributed by atoms with Gasteiger partial charge in [0.25, 0.3) is 0 Å². The van der Waals surface area contributed by atoms with Gasteiger partial charge in [0.15, 0.2) is 0 Å². The van der Waals surface area contributed by atoms with Crippen LogP contribution in [0.5, 0.6) is 0 Å². The minimum atomic E-state index is -0.768. The lowest BCUT2D eigenvalue weighted by Crippen LogP contribution is -2.58. The first kappa shape index (κ1) is 12.6. The highest BCUT2D eigenvalue weighted by atomic mass is 16.5. The second-order valence-corrected chi connectivity index (χ2v) is 5.57. The van der Waals surface area contributed by atoms with Crippen LogP contribution in [0.15, 0.2) is 24.3 Å². The summed E-state index contributed by atoms with van der Waals surface area (Å²) in [5.74, 6) is 0. The van der Waals surface area contributed by atoms with E-state index in [0.29, 0.717) is 32.5 Å². The standard InChI is InChI=1S/C15H18N2O2/c16-6-5-11-1-3-12(4-2-11)15(18)7-13-9-19-10-14(8-15)17-13/h1-4,13-14,17-18H,5,7-10H2. The van der Waals surface area contributed by atoms with Gasteiger partial charge in [-0.1, -0.05) is 24.3 Å². The molecule has 100 valence electrons. The average Bonchev–Trinajstić information content (AvgIpc) is 2.39. The maximum atomic E-state index is 10.9. The number of nitriles is 1. The molecular weight excluding hydrogens is 240 g/mol. The Bertz CT molecular complexity index is 480. The fraction of sp³-hybridized carbons (Fsp3) is 0.533. The van der Waals surface area contributed by atoms with Crippen LogP contribution in [0.4, 0.5) is 0 Å². The van der Waals surface area contributed by atoms with Gasteiger partial charge in [0.1, 0.15) is 0 Å². The van der Waals surface area contributed by atoms with E-state index in [9.17, 15) is 5.11 Å². The number of fused-ring (bicyclic) bond motifs is 2. The largest absolute Gasteiger partial charge is 0.385 e. The Balaban J connectivity index is 1.82. The Morgan fingerprint density at radius 2 is 1.89 bits per heavy atom. The van der Waals surface area contributed by atoms with Crippen molar-refractivity contribution in [1.82, 2.24) is 5.32 Å². The number of ether oxygens (including phenoxy) is 1. The lowest BCUT2D eigenvalue weighted by Gasteiger charge is -2.45. The lowest BCUT2D eigenvalue weighted by molar-refractivity contribution is -0.0802. The van der Waals surface area contributed by atoms with Crippen molar-refractivity contribution in [2.75, 3.05) is 13.2 Å². The topological polar surface area (TPSA) is 65.3 Å². The van der Waals surface area contributed by atoms with Crippen LogP contribution in [-0.4, -0.2) is 30.4 Å². The minimum absolute atomic E-state index is 0.233. The summed E-state index contributed by atoms with van der Waals surface area (Å²) < 4.78 is 5.51. The Morgan fingerprint density at radius 1 is 1.26 bits per heavy atom. The SMILES string of the molecule is N#CCc1ccc(C2(O)CC3COCC(C2)N3)cc1. The van der Waals surface area contributed by atoms with E-state index in [1.807, 2.05) is 24.3 Å². The third kappa shape index (κ3) is 2.50. The highest BCUT2D eigenvalue weighted by molar-refractivity contribution is 5.29. The van der Waals surface area contributed by atoms with Gasteiger partial charge in [0.2, 0.25) is 0 Å². The molecule has 2 atom stereocenters. The van der Waals surface area contributed by atoms with Crippen LogP contribution in [-0.2, 0) is 16.8 Å². The molecule has 0 aromatic heterocycles. The molecule has 2 N–H and O–H groups in total. The van der Waals surface area contributed by atoms with E-state index in [2.05, 4.69) is 11.4 Å². The van der Waals surface area contributed by atoms with Crippen LogP contribution in [0, 0.1) is 11.3 Å². The summed E-state index contributed by atoms with van der Waals surface area (Å²) in [5.41, 5.74) is 1.18. The van der Waals surface area contributed by atoms with Crippen LogP contribution in [0.25, 0.3) is 0 Å². The Morgan fingerprint density at radius 3 is 2.47 bits per heavy atom. The lowest BCUT2D eigenvalue weighted by atomic mass is 9.78. The molecular formula is C15H18N2O2. The molecule has 0 spiro atoms. The molecule has 4 heteroatoms. The third-order valence-electron chi connectivity index (χ3n) is 4.05. The second-order valence-electron chi connectivity index (χ2n) is 5.57. The molecule has 2 bridgehead atoms. The van der Waals surface area contributed by atoms with Crippen LogP contribution in [0.2, 0.25) is 0 Å². The molecule has 2 fully saturated rings. The van der Waals surface area contributed by atoms with E-state index in [0.717, 1.165) is 11.1 Å². The first-order chi connectivity index (χ1) is 9.19. The van der Waals surface area contributed by atoms with Gasteiger partial charge in [0, 0.05) is 12.1 Å². The number of benzene rings is 1. The van der Waals surface area contributed by atoms with Crippen molar-refractivity contribution in [3.8, 4) is 6.07 Å². The summed E-state index contributed by atoms with van der Waals surface area (Å²) >= 11 is 0. The number of aliphatic hydroxyl groups is 1. The maximum Gasteiger partial charge on any atom is 0.0927 e. The van der Waals surface area contributed by atoms with Crippen molar-refractivity contribution in [1.29, 1.82) is 5.26 Å². The molecule has 2 aliphatic rings. The maximum absolute atomic E-state index is 10.9. The third-order valence-corrected chi connectivity index (χ3v) is 4.05. The molecule has 4 nitrogen and oxygen atoms in total. The fourth-order valence-corrected chi connectivity index (χ4v) is 3.18. The van der Waals surface area contributed by atoms with Gasteiger partial charge in [-0.05, 0) is 24.0 Å². The van der Waals surface area contributed by atoms with Crippen LogP contribution in [0.1, 0.15) is 24.0 Å². The number of nitrogens with zero attached hydrogens (tertiary/aromatic N) is 1. The number of rotatable bonds is 2. The summed E-state index contributed by atoms with van der Waals surface area (Å²) in [6.07, 6.45) is 1.78. The first-order valence-electron chi connectivity index (χ1n) is 6.72. The van der Waals surface area contributed by atoms with E-state index in [1.54, 1.807) is 0 Å². The van der Waals surface area contributed by atoms with Gasteiger partial charge < -0.3 is 15.2 Å². The first-order valence-corrected chi connectivity index (χ1v) is 6.72. The van der Waals surface area contributed by atoms with Crippen molar-refractivity contribution < 1.29 is 9.84 Å². The van der Waals surface area contributed by atoms with Gasteiger partial charge >= 0.3 is 0 Å². The highest BCUT2D eigenvalue weighted by Gasteiger charge is 2.42. The second kappa shape index (κ2) is 4.93. The molecule has 2 aliphatic heterocycles. The summed E-state index contributed by atoms with van der Waals surface area (Å²) in [7, 11) is 0. The number of hydrogen-bond donors (Lipinski definition) is 2. The predicted octanol–water partition coefficient (Wildman–Crippen LogP) is 1.09. The van der Waals surface area contributed by atoms with Crippen molar-refractivity contribution in [3.63, 3.8) is 0 Å². The molecule has 0 saturated carbocycles. The zero-order valence-electron chi connectivity index (χ0n) is 10.8. The van der Waals surface area contributed by atoms with E-state index in [-0.39, 0.29) is 12.1 Å². The molecule has 3 rings (SSSR count). The zero-order chi connectivity index (χ0) is 13.3.